The summed E-state index contributed by atoms with van der Waals surface area (Å²) in [6.07, 6.45) is 3.13. The summed E-state index contributed by atoms with van der Waals surface area (Å²) in [5.74, 6) is 0.401. The third kappa shape index (κ3) is 4.68. The molecule has 0 saturated carbocycles. The number of aryl methyl sites for hydroxylation is 2. The van der Waals surface area contributed by atoms with Crippen molar-refractivity contribution < 1.29 is 14.3 Å². The lowest BCUT2D eigenvalue weighted by atomic mass is 10.1. The molecule has 0 N–H and O–H groups in total. The summed E-state index contributed by atoms with van der Waals surface area (Å²) in [7, 11) is 1.57. The van der Waals surface area contributed by atoms with Crippen LogP contribution in [-0.4, -0.2) is 23.8 Å². The van der Waals surface area contributed by atoms with Crippen molar-refractivity contribution in [3.8, 4) is 5.75 Å². The number of allylic oxidation sites excluding steroid dienone is 1. The Morgan fingerprint density at radius 3 is 2.47 bits per heavy atom. The summed E-state index contributed by atoms with van der Waals surface area (Å²) >= 11 is 4.75. The number of carbonyl (C=O) groups is 2. The Labute approximate surface area is 188 Å². The van der Waals surface area contributed by atoms with Gasteiger partial charge in [0.05, 0.1) is 23.0 Å². The van der Waals surface area contributed by atoms with Crippen molar-refractivity contribution >= 4 is 55.9 Å². The van der Waals surface area contributed by atoms with Crippen molar-refractivity contribution in [1.82, 2.24) is 4.98 Å². The highest BCUT2D eigenvalue weighted by Crippen LogP contribution is 2.34. The van der Waals surface area contributed by atoms with Gasteiger partial charge < -0.3 is 4.74 Å². The number of nitrogens with zero attached hydrogens (tertiary/aromatic N) is 2. The van der Waals surface area contributed by atoms with E-state index in [9.17, 15) is 9.59 Å². The molecule has 3 aromatic rings. The first-order valence-corrected chi connectivity index (χ1v) is 10.9. The molecule has 0 aliphatic carbocycles. The van der Waals surface area contributed by atoms with Gasteiger partial charge in [0.1, 0.15) is 5.75 Å². The molecule has 0 bridgehead atoms. The summed E-state index contributed by atoms with van der Waals surface area (Å²) in [5.41, 5.74) is 3.99. The van der Waals surface area contributed by atoms with Gasteiger partial charge in [-0.15, -0.1) is 11.3 Å². The maximum Gasteiger partial charge on any atom is 0.230 e. The number of hydrogen-bond acceptors (Lipinski definition) is 5. The number of methoxy groups -OCH3 is 1. The van der Waals surface area contributed by atoms with Crippen LogP contribution >= 0.6 is 27.3 Å². The van der Waals surface area contributed by atoms with E-state index in [1.165, 1.54) is 24.3 Å². The molecule has 0 fully saturated rings. The van der Waals surface area contributed by atoms with Crippen LogP contribution in [0.4, 0.5) is 10.8 Å². The summed E-state index contributed by atoms with van der Waals surface area (Å²) in [6, 6.07) is 11.1. The molecule has 1 aromatic heterocycles. The number of halogens is 1. The predicted molar refractivity (Wildman–Crippen MR) is 125 cm³/mol. The molecule has 7 heteroatoms. The molecule has 0 atom stereocenters. The molecule has 0 aliphatic rings. The number of aromatic nitrogens is 1. The summed E-state index contributed by atoms with van der Waals surface area (Å²) < 4.78 is 5.90. The van der Waals surface area contributed by atoms with Crippen LogP contribution in [0, 0.1) is 13.8 Å². The number of carbonyl (C=O) groups excluding carboxylic acids is 2. The average Bonchev–Trinajstić information content (AvgIpc) is 3.17. The van der Waals surface area contributed by atoms with Crippen molar-refractivity contribution in [2.24, 2.45) is 0 Å². The van der Waals surface area contributed by atoms with Gasteiger partial charge in [0, 0.05) is 17.9 Å². The van der Waals surface area contributed by atoms with Gasteiger partial charge in [-0.25, -0.2) is 4.98 Å². The molecule has 0 saturated heterocycles. The first-order chi connectivity index (χ1) is 14.3. The van der Waals surface area contributed by atoms with Gasteiger partial charge in [-0.3, -0.25) is 14.5 Å². The zero-order valence-electron chi connectivity index (χ0n) is 17.1. The minimum Gasteiger partial charge on any atom is -0.496 e. The smallest absolute Gasteiger partial charge is 0.230 e. The van der Waals surface area contributed by atoms with Crippen molar-refractivity contribution in [3.63, 3.8) is 0 Å². The van der Waals surface area contributed by atoms with Crippen LogP contribution in [0.3, 0.4) is 0 Å². The minimum absolute atomic E-state index is 0.114. The number of ketones is 1. The fourth-order valence-corrected chi connectivity index (χ4v) is 4.46. The molecule has 0 radical (unpaired) electrons. The average molecular weight is 485 g/mol. The lowest BCUT2D eigenvalue weighted by Gasteiger charge is -2.22. The third-order valence-electron chi connectivity index (χ3n) is 4.52. The number of hydrogen-bond donors (Lipinski definition) is 0. The SMILES string of the molecule is COc1ccc(C(=O)C=Cc2csc(N(C(C)=O)c3c(C)cccc3C)n2)cc1Br. The molecular weight excluding hydrogens is 464 g/mol. The standard InChI is InChI=1S/C23H21BrN2O3S/c1-14-6-5-7-15(2)22(14)26(16(3)27)23-25-18(13-30-23)9-10-20(28)17-8-11-21(29-4)19(24)12-17/h5-13H,1-4H3. The molecule has 2 aromatic carbocycles. The van der Waals surface area contributed by atoms with Gasteiger partial charge in [0.2, 0.25) is 5.91 Å². The topological polar surface area (TPSA) is 59.5 Å². The van der Waals surface area contributed by atoms with Gasteiger partial charge in [-0.2, -0.15) is 0 Å². The van der Waals surface area contributed by atoms with E-state index in [1.54, 1.807) is 36.3 Å². The van der Waals surface area contributed by atoms with E-state index in [-0.39, 0.29) is 11.7 Å². The fraction of sp³-hybridized carbons (Fsp3) is 0.174. The number of rotatable bonds is 6. The van der Waals surface area contributed by atoms with Crippen molar-refractivity contribution in [3.05, 3.63) is 74.7 Å². The highest BCUT2D eigenvalue weighted by molar-refractivity contribution is 9.10. The van der Waals surface area contributed by atoms with Crippen LogP contribution in [-0.2, 0) is 4.79 Å². The predicted octanol–water partition coefficient (Wildman–Crippen LogP) is 6.11. The zero-order chi connectivity index (χ0) is 21.8. The first kappa shape index (κ1) is 21.9. The van der Waals surface area contributed by atoms with E-state index >= 15 is 0 Å². The Balaban J connectivity index is 1.85. The Bertz CT molecular complexity index is 1120. The Morgan fingerprint density at radius 1 is 1.17 bits per heavy atom. The molecule has 3 rings (SSSR count). The van der Waals surface area contributed by atoms with Gasteiger partial charge >= 0.3 is 0 Å². The normalized spacial score (nSPS) is 11.0. The van der Waals surface area contributed by atoms with Crippen LogP contribution in [0.2, 0.25) is 0 Å². The fourth-order valence-electron chi connectivity index (χ4n) is 3.08. The van der Waals surface area contributed by atoms with Crippen molar-refractivity contribution in [1.29, 1.82) is 0 Å². The second kappa shape index (κ2) is 9.36. The summed E-state index contributed by atoms with van der Waals surface area (Å²) in [5, 5.41) is 2.39. The molecule has 1 heterocycles. The maximum absolute atomic E-state index is 12.5. The molecule has 0 unspecified atom stereocenters. The van der Waals surface area contributed by atoms with Crippen molar-refractivity contribution in [2.75, 3.05) is 12.0 Å². The quantitative estimate of drug-likeness (QED) is 0.312. The second-order valence-electron chi connectivity index (χ2n) is 6.70. The van der Waals surface area contributed by atoms with Gasteiger partial charge in [0.15, 0.2) is 10.9 Å². The Morgan fingerprint density at radius 2 is 1.87 bits per heavy atom. The van der Waals surface area contributed by atoms with E-state index in [1.807, 2.05) is 37.4 Å². The monoisotopic (exact) mass is 484 g/mol. The van der Waals surface area contributed by atoms with E-state index in [0.717, 1.165) is 16.8 Å². The maximum atomic E-state index is 12.5. The van der Waals surface area contributed by atoms with E-state index in [0.29, 0.717) is 26.6 Å². The van der Waals surface area contributed by atoms with Gasteiger partial charge in [-0.05, 0) is 71.3 Å². The molecule has 30 heavy (non-hydrogen) atoms. The van der Waals surface area contributed by atoms with E-state index in [4.69, 9.17) is 4.74 Å². The van der Waals surface area contributed by atoms with Crippen LogP contribution in [0.25, 0.3) is 6.08 Å². The number of benzene rings is 2. The van der Waals surface area contributed by atoms with E-state index < -0.39 is 0 Å². The molecular formula is C23H21BrN2O3S. The minimum atomic E-state index is -0.147. The molecule has 0 aliphatic heterocycles. The zero-order valence-corrected chi connectivity index (χ0v) is 19.5. The van der Waals surface area contributed by atoms with Crippen molar-refractivity contribution in [2.45, 2.75) is 20.8 Å². The van der Waals surface area contributed by atoms with Crippen LogP contribution in [0.15, 0.2) is 52.3 Å². The summed E-state index contributed by atoms with van der Waals surface area (Å²) in [6.45, 7) is 5.46. The third-order valence-corrected chi connectivity index (χ3v) is 5.98. The highest BCUT2D eigenvalue weighted by Gasteiger charge is 2.21. The lowest BCUT2D eigenvalue weighted by molar-refractivity contribution is -0.115. The largest absolute Gasteiger partial charge is 0.496 e. The molecule has 1 amide bonds. The molecule has 5 nitrogen and oxygen atoms in total. The van der Waals surface area contributed by atoms with Crippen LogP contribution in [0.5, 0.6) is 5.75 Å². The Hall–Kier alpha value is -2.77. The lowest BCUT2D eigenvalue weighted by Crippen LogP contribution is -2.24. The number of thiazole rings is 1. The molecule has 154 valence electrons. The Kier molecular flexibility index (Phi) is 6.84. The number of anilines is 2. The summed E-state index contributed by atoms with van der Waals surface area (Å²) in [4.78, 5) is 31.1. The van der Waals surface area contributed by atoms with E-state index in [2.05, 4.69) is 20.9 Å². The number of para-hydroxylation sites is 1. The molecule has 0 spiro atoms. The number of amides is 1. The highest BCUT2D eigenvalue weighted by atomic mass is 79.9. The second-order valence-corrected chi connectivity index (χ2v) is 8.39. The van der Waals surface area contributed by atoms with Gasteiger partial charge in [0.25, 0.3) is 0 Å². The number of ether oxygens (including phenoxy) is 1. The van der Waals surface area contributed by atoms with Crippen LogP contribution in [0.1, 0.15) is 34.1 Å². The van der Waals surface area contributed by atoms with Crippen LogP contribution < -0.4 is 9.64 Å². The first-order valence-electron chi connectivity index (χ1n) is 9.20. The van der Waals surface area contributed by atoms with Gasteiger partial charge in [-0.1, -0.05) is 18.2 Å².